The minimum atomic E-state index is -1.27. The number of hydrogen-bond donors (Lipinski definition) is 1. The molecule has 5 atom stereocenters. The van der Waals surface area contributed by atoms with E-state index in [1.54, 1.807) is 0 Å². The zero-order chi connectivity index (χ0) is 16.7. The first kappa shape index (κ1) is 18.6. The van der Waals surface area contributed by atoms with Crippen molar-refractivity contribution in [1.29, 1.82) is 0 Å². The normalized spacial score (nSPS) is 31.0. The Hall–Kier alpha value is -1.48. The van der Waals surface area contributed by atoms with Crippen LogP contribution in [0.15, 0.2) is 5.11 Å². The fraction of sp³-hybridized carbons (Fsp3) is 0.833. The molecule has 22 heavy (non-hydrogen) atoms. The number of carbonyl (C=O) groups excluding carboxylic acids is 2. The first-order chi connectivity index (χ1) is 10.4. The summed E-state index contributed by atoms with van der Waals surface area (Å²) in [6.07, 6.45) is -4.15. The van der Waals surface area contributed by atoms with Crippen LogP contribution in [-0.2, 0) is 23.8 Å². The molecule has 10 heteroatoms. The number of thioether (sulfide) groups is 1. The van der Waals surface area contributed by atoms with Gasteiger partial charge in [0.05, 0.1) is 6.54 Å². The van der Waals surface area contributed by atoms with Crippen molar-refractivity contribution in [2.45, 2.75) is 50.6 Å². The van der Waals surface area contributed by atoms with E-state index in [0.29, 0.717) is 5.75 Å². The molecule has 0 aromatic rings. The molecular formula is C12H19N3O6S. The molecule has 0 spiro atoms. The molecular weight excluding hydrogens is 314 g/mol. The van der Waals surface area contributed by atoms with Gasteiger partial charge in [0.25, 0.3) is 0 Å². The van der Waals surface area contributed by atoms with E-state index in [2.05, 4.69) is 10.0 Å². The Morgan fingerprint density at radius 2 is 1.91 bits per heavy atom. The predicted octanol–water partition coefficient (Wildman–Crippen LogP) is 0.999. The lowest BCUT2D eigenvalue weighted by molar-refractivity contribution is -0.221. The van der Waals surface area contributed by atoms with Gasteiger partial charge < -0.3 is 19.3 Å². The Balaban J connectivity index is 3.01. The fourth-order valence-corrected chi connectivity index (χ4v) is 3.07. The number of azide groups is 1. The molecule has 1 rings (SSSR count). The number of ether oxygens (including phenoxy) is 3. The van der Waals surface area contributed by atoms with Crippen LogP contribution >= 0.6 is 11.8 Å². The molecule has 0 aromatic heterocycles. The quantitative estimate of drug-likeness (QED) is 0.332. The van der Waals surface area contributed by atoms with Crippen LogP contribution in [0.1, 0.15) is 20.8 Å². The summed E-state index contributed by atoms with van der Waals surface area (Å²) >= 11 is 1.33. The predicted molar refractivity (Wildman–Crippen MR) is 77.9 cm³/mol. The maximum absolute atomic E-state index is 11.2. The lowest BCUT2D eigenvalue weighted by atomic mass is 9.99. The molecule has 2 unspecified atom stereocenters. The summed E-state index contributed by atoms with van der Waals surface area (Å²) in [4.78, 5) is 25.1. The number of esters is 2. The van der Waals surface area contributed by atoms with Crippen molar-refractivity contribution in [1.82, 2.24) is 0 Å². The second-order valence-electron chi connectivity index (χ2n) is 4.55. The van der Waals surface area contributed by atoms with E-state index in [1.165, 1.54) is 25.6 Å². The summed E-state index contributed by atoms with van der Waals surface area (Å²) in [5.41, 5.74) is 7.79. The number of aliphatic hydroxyl groups is 1. The maximum atomic E-state index is 11.2. The van der Waals surface area contributed by atoms with Crippen molar-refractivity contribution in [3.8, 4) is 0 Å². The zero-order valence-corrected chi connectivity index (χ0v) is 13.4. The summed E-state index contributed by atoms with van der Waals surface area (Å²) in [7, 11) is 0. The van der Waals surface area contributed by atoms with Crippen molar-refractivity contribution < 1.29 is 28.9 Å². The largest absolute Gasteiger partial charge is 0.457 e. The van der Waals surface area contributed by atoms with E-state index in [4.69, 9.17) is 19.7 Å². The molecule has 1 saturated heterocycles. The molecule has 1 fully saturated rings. The van der Waals surface area contributed by atoms with Crippen LogP contribution in [0.4, 0.5) is 0 Å². The average Bonchev–Trinajstić information content (AvgIpc) is 2.43. The monoisotopic (exact) mass is 333 g/mol. The van der Waals surface area contributed by atoms with Gasteiger partial charge in [-0.1, -0.05) is 12.0 Å². The second kappa shape index (κ2) is 8.84. The molecule has 1 N–H and O–H groups in total. The summed E-state index contributed by atoms with van der Waals surface area (Å²) < 4.78 is 15.9. The fourth-order valence-electron chi connectivity index (χ4n) is 2.11. The van der Waals surface area contributed by atoms with Crippen molar-refractivity contribution in [2.24, 2.45) is 5.11 Å². The molecule has 0 saturated carbocycles. The molecule has 1 aliphatic rings. The Morgan fingerprint density at radius 1 is 1.32 bits per heavy atom. The van der Waals surface area contributed by atoms with E-state index in [1.807, 2.05) is 6.92 Å². The summed E-state index contributed by atoms with van der Waals surface area (Å²) in [6.45, 7) is 4.17. The van der Waals surface area contributed by atoms with Crippen molar-refractivity contribution in [2.75, 3.05) is 12.3 Å². The lowest BCUT2D eigenvalue weighted by Gasteiger charge is -2.42. The van der Waals surface area contributed by atoms with Crippen molar-refractivity contribution in [3.63, 3.8) is 0 Å². The van der Waals surface area contributed by atoms with Gasteiger partial charge in [-0.25, -0.2) is 0 Å². The smallest absolute Gasteiger partial charge is 0.303 e. The van der Waals surface area contributed by atoms with Crippen LogP contribution in [-0.4, -0.2) is 59.2 Å². The Kier molecular flexibility index (Phi) is 7.46. The highest BCUT2D eigenvalue weighted by Crippen LogP contribution is 2.32. The highest BCUT2D eigenvalue weighted by molar-refractivity contribution is 7.99. The van der Waals surface area contributed by atoms with Crippen LogP contribution in [0, 0.1) is 0 Å². The number of aliphatic hydroxyl groups excluding tert-OH is 1. The molecule has 124 valence electrons. The highest BCUT2D eigenvalue weighted by Gasteiger charge is 2.48. The molecule has 0 amide bonds. The van der Waals surface area contributed by atoms with Gasteiger partial charge >= 0.3 is 11.9 Å². The van der Waals surface area contributed by atoms with Gasteiger partial charge in [-0.2, -0.15) is 0 Å². The maximum Gasteiger partial charge on any atom is 0.303 e. The first-order valence-corrected chi connectivity index (χ1v) is 7.76. The number of nitrogens with zero attached hydrogens (tertiary/aromatic N) is 3. The standard InChI is InChI=1S/C12H19N3O6S/c1-4-22-12-11(20-7(3)17)9(18)10(19-6(2)16)8(21-12)5-14-15-13/h8-12,18H,4-5H2,1-3H3/t8?,9-,10-,11?,12-/m1/s1. The molecule has 0 aliphatic carbocycles. The second-order valence-corrected chi connectivity index (χ2v) is 5.93. The third-order valence-corrected chi connectivity index (χ3v) is 3.92. The number of rotatable bonds is 6. The van der Waals surface area contributed by atoms with E-state index in [0.717, 1.165) is 0 Å². The van der Waals surface area contributed by atoms with Gasteiger partial charge in [0.15, 0.2) is 12.2 Å². The lowest BCUT2D eigenvalue weighted by Crippen LogP contribution is -2.59. The Morgan fingerprint density at radius 3 is 2.41 bits per heavy atom. The van der Waals surface area contributed by atoms with E-state index in [-0.39, 0.29) is 6.54 Å². The molecule has 1 heterocycles. The molecule has 0 aromatic carbocycles. The van der Waals surface area contributed by atoms with E-state index in [9.17, 15) is 14.7 Å². The minimum absolute atomic E-state index is 0.112. The van der Waals surface area contributed by atoms with Crippen LogP contribution in [0.5, 0.6) is 0 Å². The Bertz CT molecular complexity index is 456. The Labute approximate surface area is 131 Å². The molecule has 0 bridgehead atoms. The van der Waals surface area contributed by atoms with Gasteiger partial charge in [-0.05, 0) is 11.3 Å². The van der Waals surface area contributed by atoms with E-state index >= 15 is 0 Å². The van der Waals surface area contributed by atoms with E-state index < -0.39 is 41.8 Å². The van der Waals surface area contributed by atoms with Crippen LogP contribution < -0.4 is 0 Å². The minimum Gasteiger partial charge on any atom is -0.457 e. The molecule has 1 aliphatic heterocycles. The summed E-state index contributed by atoms with van der Waals surface area (Å²) in [5.74, 6) is -0.548. The van der Waals surface area contributed by atoms with Gasteiger partial charge in [-0.15, -0.1) is 11.8 Å². The first-order valence-electron chi connectivity index (χ1n) is 6.71. The number of carbonyl (C=O) groups is 2. The highest BCUT2D eigenvalue weighted by atomic mass is 32.2. The third kappa shape index (κ3) is 5.06. The van der Waals surface area contributed by atoms with Crippen LogP contribution in [0.3, 0.4) is 0 Å². The van der Waals surface area contributed by atoms with Crippen LogP contribution in [0.2, 0.25) is 0 Å². The van der Waals surface area contributed by atoms with Gasteiger partial charge in [0.2, 0.25) is 0 Å². The van der Waals surface area contributed by atoms with Gasteiger partial charge in [0.1, 0.15) is 17.6 Å². The van der Waals surface area contributed by atoms with Gasteiger partial charge in [0, 0.05) is 18.8 Å². The van der Waals surface area contributed by atoms with Crippen LogP contribution in [0.25, 0.3) is 10.4 Å². The third-order valence-electron chi connectivity index (χ3n) is 2.88. The van der Waals surface area contributed by atoms with Crippen molar-refractivity contribution in [3.05, 3.63) is 10.4 Å². The average molecular weight is 333 g/mol. The zero-order valence-electron chi connectivity index (χ0n) is 12.5. The number of hydrogen-bond acceptors (Lipinski definition) is 8. The van der Waals surface area contributed by atoms with Crippen molar-refractivity contribution >= 4 is 23.7 Å². The summed E-state index contributed by atoms with van der Waals surface area (Å²) in [5, 5.41) is 13.8. The summed E-state index contributed by atoms with van der Waals surface area (Å²) in [6, 6.07) is 0. The molecule has 9 nitrogen and oxygen atoms in total. The SMILES string of the molecule is CCS[C@H]1OC(CN=[N+]=[N-])[C@@H](OC(C)=O)[C@@H](O)C1OC(C)=O. The molecule has 0 radical (unpaired) electrons. The van der Waals surface area contributed by atoms with Gasteiger partial charge in [-0.3, -0.25) is 9.59 Å². The topological polar surface area (TPSA) is 131 Å².